The van der Waals surface area contributed by atoms with Gasteiger partial charge in [0.05, 0.1) is 0 Å². The van der Waals surface area contributed by atoms with Gasteiger partial charge >= 0.3 is 0 Å². The van der Waals surface area contributed by atoms with Gasteiger partial charge in [0.2, 0.25) is 5.91 Å². The predicted molar refractivity (Wildman–Crippen MR) is 95.7 cm³/mol. The molecule has 0 saturated carbocycles. The fourth-order valence-electron chi connectivity index (χ4n) is 2.68. The summed E-state index contributed by atoms with van der Waals surface area (Å²) in [6, 6.07) is 13.8. The smallest absolute Gasteiger partial charge is 0.246 e. The van der Waals surface area contributed by atoms with E-state index in [1.807, 2.05) is 29.2 Å². The van der Waals surface area contributed by atoms with Crippen LogP contribution in [0.4, 0.5) is 10.1 Å². The normalized spacial score (nSPS) is 15.1. The standard InChI is InChI=1S/C19H18ClFN2O/c20-16-4-8-18(9-5-16)22-11-13-23(14-12-22)19(24)10-3-15-1-6-17(21)7-2-15/h1-10H,11-14H2/b10-3+. The summed E-state index contributed by atoms with van der Waals surface area (Å²) >= 11 is 5.91. The number of benzene rings is 2. The van der Waals surface area contributed by atoms with E-state index in [4.69, 9.17) is 11.6 Å². The molecule has 0 aromatic heterocycles. The van der Waals surface area contributed by atoms with Crippen LogP contribution < -0.4 is 4.90 Å². The first-order valence-corrected chi connectivity index (χ1v) is 8.23. The molecule has 0 spiro atoms. The van der Waals surface area contributed by atoms with E-state index < -0.39 is 0 Å². The molecule has 5 heteroatoms. The molecule has 2 aromatic carbocycles. The highest BCUT2D eigenvalue weighted by Crippen LogP contribution is 2.19. The van der Waals surface area contributed by atoms with Crippen LogP contribution in [0.25, 0.3) is 6.08 Å². The van der Waals surface area contributed by atoms with E-state index in [0.29, 0.717) is 13.1 Å². The second kappa shape index (κ2) is 7.49. The maximum absolute atomic E-state index is 12.9. The van der Waals surface area contributed by atoms with E-state index in [1.165, 1.54) is 12.1 Å². The van der Waals surface area contributed by atoms with E-state index in [1.54, 1.807) is 24.3 Å². The van der Waals surface area contributed by atoms with E-state index in [9.17, 15) is 9.18 Å². The van der Waals surface area contributed by atoms with Gasteiger partial charge in [-0.25, -0.2) is 4.39 Å². The third-order valence-electron chi connectivity index (χ3n) is 4.07. The number of hydrogen-bond donors (Lipinski definition) is 0. The van der Waals surface area contributed by atoms with E-state index in [-0.39, 0.29) is 11.7 Å². The van der Waals surface area contributed by atoms with Crippen molar-refractivity contribution < 1.29 is 9.18 Å². The molecule has 1 saturated heterocycles. The minimum Gasteiger partial charge on any atom is -0.368 e. The van der Waals surface area contributed by atoms with Gasteiger partial charge in [0.15, 0.2) is 0 Å². The summed E-state index contributed by atoms with van der Waals surface area (Å²) in [5, 5.41) is 0.721. The Hall–Kier alpha value is -2.33. The molecule has 1 aliphatic rings. The summed E-state index contributed by atoms with van der Waals surface area (Å²) in [6.07, 6.45) is 3.26. The van der Waals surface area contributed by atoms with Gasteiger partial charge in [-0.05, 0) is 48.0 Å². The lowest BCUT2D eigenvalue weighted by Crippen LogP contribution is -2.48. The molecular formula is C19H18ClFN2O. The fraction of sp³-hybridized carbons (Fsp3) is 0.211. The topological polar surface area (TPSA) is 23.6 Å². The van der Waals surface area contributed by atoms with Gasteiger partial charge in [-0.15, -0.1) is 0 Å². The molecule has 1 fully saturated rings. The Morgan fingerprint density at radius 2 is 1.58 bits per heavy atom. The Labute approximate surface area is 145 Å². The van der Waals surface area contributed by atoms with Gasteiger partial charge in [-0.3, -0.25) is 4.79 Å². The van der Waals surface area contributed by atoms with Crippen molar-refractivity contribution in [2.75, 3.05) is 31.1 Å². The Balaban J connectivity index is 1.55. The van der Waals surface area contributed by atoms with Crippen molar-refractivity contribution >= 4 is 29.3 Å². The number of nitrogens with zero attached hydrogens (tertiary/aromatic N) is 2. The fourth-order valence-corrected chi connectivity index (χ4v) is 2.81. The van der Waals surface area contributed by atoms with Gasteiger partial charge in [0.25, 0.3) is 0 Å². The van der Waals surface area contributed by atoms with Crippen molar-refractivity contribution in [2.24, 2.45) is 0 Å². The molecule has 124 valence electrons. The van der Waals surface area contributed by atoms with Crippen LogP contribution in [0.5, 0.6) is 0 Å². The van der Waals surface area contributed by atoms with E-state index in [2.05, 4.69) is 4.90 Å². The molecule has 3 nitrogen and oxygen atoms in total. The first-order valence-electron chi connectivity index (χ1n) is 7.85. The SMILES string of the molecule is O=C(/C=C/c1ccc(F)cc1)N1CCN(c2ccc(Cl)cc2)CC1. The molecule has 1 aliphatic heterocycles. The van der Waals surface area contributed by atoms with Crippen LogP contribution in [0.15, 0.2) is 54.6 Å². The number of amides is 1. The van der Waals surface area contributed by atoms with Gasteiger partial charge in [0, 0.05) is 43.0 Å². The molecule has 0 radical (unpaired) electrons. The molecule has 1 amide bonds. The maximum atomic E-state index is 12.9. The minimum absolute atomic E-state index is 0.0184. The van der Waals surface area contributed by atoms with Crippen molar-refractivity contribution in [1.82, 2.24) is 4.90 Å². The maximum Gasteiger partial charge on any atom is 0.246 e. The summed E-state index contributed by atoms with van der Waals surface area (Å²) in [5.74, 6) is -0.299. The lowest BCUT2D eigenvalue weighted by atomic mass is 10.2. The number of carbonyl (C=O) groups is 1. The average Bonchev–Trinajstić information content (AvgIpc) is 2.62. The zero-order chi connectivity index (χ0) is 16.9. The Morgan fingerprint density at radius 3 is 2.21 bits per heavy atom. The summed E-state index contributed by atoms with van der Waals surface area (Å²) in [7, 11) is 0. The third-order valence-corrected chi connectivity index (χ3v) is 4.32. The van der Waals surface area contributed by atoms with Crippen molar-refractivity contribution in [3.05, 3.63) is 71.0 Å². The largest absolute Gasteiger partial charge is 0.368 e. The van der Waals surface area contributed by atoms with Gasteiger partial charge in [0.1, 0.15) is 5.82 Å². The molecule has 0 aliphatic carbocycles. The molecule has 24 heavy (non-hydrogen) atoms. The lowest BCUT2D eigenvalue weighted by molar-refractivity contribution is -0.126. The predicted octanol–water partition coefficient (Wildman–Crippen LogP) is 3.84. The first-order chi connectivity index (χ1) is 11.6. The molecule has 0 N–H and O–H groups in total. The van der Waals surface area contributed by atoms with Crippen LogP contribution in [0.1, 0.15) is 5.56 Å². The third kappa shape index (κ3) is 4.15. The number of carbonyl (C=O) groups excluding carboxylic acids is 1. The van der Waals surface area contributed by atoms with Crippen molar-refractivity contribution in [3.8, 4) is 0 Å². The van der Waals surface area contributed by atoms with Gasteiger partial charge < -0.3 is 9.80 Å². The highest BCUT2D eigenvalue weighted by Gasteiger charge is 2.19. The zero-order valence-corrected chi connectivity index (χ0v) is 13.9. The van der Waals surface area contributed by atoms with Gasteiger partial charge in [-0.2, -0.15) is 0 Å². The summed E-state index contributed by atoms with van der Waals surface area (Å²) in [4.78, 5) is 16.3. The molecule has 1 heterocycles. The highest BCUT2D eigenvalue weighted by atomic mass is 35.5. The van der Waals surface area contributed by atoms with Crippen LogP contribution in [0.3, 0.4) is 0 Å². The highest BCUT2D eigenvalue weighted by molar-refractivity contribution is 6.30. The minimum atomic E-state index is -0.281. The number of halogens is 2. The first kappa shape index (κ1) is 16.5. The summed E-state index contributed by atoms with van der Waals surface area (Å²) in [5.41, 5.74) is 1.93. The monoisotopic (exact) mass is 344 g/mol. The van der Waals surface area contributed by atoms with Gasteiger partial charge in [-0.1, -0.05) is 23.7 Å². The van der Waals surface area contributed by atoms with Crippen molar-refractivity contribution in [3.63, 3.8) is 0 Å². The van der Waals surface area contributed by atoms with Crippen LogP contribution in [-0.2, 0) is 4.79 Å². The molecule has 0 atom stereocenters. The number of anilines is 1. The molecule has 3 rings (SSSR count). The van der Waals surface area contributed by atoms with Crippen molar-refractivity contribution in [2.45, 2.75) is 0 Å². The lowest BCUT2D eigenvalue weighted by Gasteiger charge is -2.35. The number of piperazine rings is 1. The molecule has 0 bridgehead atoms. The van der Waals surface area contributed by atoms with Crippen LogP contribution in [0.2, 0.25) is 5.02 Å². The van der Waals surface area contributed by atoms with E-state index >= 15 is 0 Å². The molecular weight excluding hydrogens is 327 g/mol. The number of rotatable bonds is 3. The summed E-state index contributed by atoms with van der Waals surface area (Å²) in [6.45, 7) is 2.93. The Morgan fingerprint density at radius 1 is 0.958 bits per heavy atom. The summed E-state index contributed by atoms with van der Waals surface area (Å²) < 4.78 is 12.9. The second-order valence-electron chi connectivity index (χ2n) is 5.67. The van der Waals surface area contributed by atoms with Crippen LogP contribution in [-0.4, -0.2) is 37.0 Å². The van der Waals surface area contributed by atoms with Crippen molar-refractivity contribution in [1.29, 1.82) is 0 Å². The molecule has 0 unspecified atom stereocenters. The van der Waals surface area contributed by atoms with Crippen LogP contribution in [0, 0.1) is 5.82 Å². The zero-order valence-electron chi connectivity index (χ0n) is 13.2. The number of hydrogen-bond acceptors (Lipinski definition) is 2. The molecule has 2 aromatic rings. The van der Waals surface area contributed by atoms with Crippen LogP contribution >= 0.6 is 11.6 Å². The second-order valence-corrected chi connectivity index (χ2v) is 6.11. The Bertz CT molecular complexity index is 720. The quantitative estimate of drug-likeness (QED) is 0.790. The Kier molecular flexibility index (Phi) is 5.16. The average molecular weight is 345 g/mol. The van der Waals surface area contributed by atoms with E-state index in [0.717, 1.165) is 29.4 Å².